The number of pyridine rings is 2. The minimum Gasteiger partial charge on any atom is -0.391 e. The van der Waals surface area contributed by atoms with Crippen LogP contribution in [0.2, 0.25) is 0 Å². The van der Waals surface area contributed by atoms with Crippen LogP contribution in [0.3, 0.4) is 0 Å². The topological polar surface area (TPSA) is 99.7 Å². The summed E-state index contributed by atoms with van der Waals surface area (Å²) in [5, 5.41) is 22.9. The molecule has 34 heavy (non-hydrogen) atoms. The Morgan fingerprint density at radius 2 is 1.88 bits per heavy atom. The fourth-order valence-corrected chi connectivity index (χ4v) is 4.81. The van der Waals surface area contributed by atoms with Crippen molar-refractivity contribution in [3.63, 3.8) is 0 Å². The third-order valence-electron chi connectivity index (χ3n) is 6.71. The molecule has 6 rings (SSSR count). The van der Waals surface area contributed by atoms with Crippen LogP contribution in [0, 0.1) is 11.3 Å². The number of nitrogens with zero attached hydrogens (tertiary/aromatic N) is 5. The molecule has 7 nitrogen and oxygen atoms in total. The molecule has 2 N–H and O–H groups in total. The molecule has 8 heteroatoms. The molecular weight excluding hydrogens is 448 g/mol. The molecule has 2 fully saturated rings. The first-order chi connectivity index (χ1) is 16.2. The van der Waals surface area contributed by atoms with Crippen molar-refractivity contribution >= 4 is 35.1 Å². The quantitative estimate of drug-likeness (QED) is 0.398. The van der Waals surface area contributed by atoms with E-state index in [1.807, 2.05) is 12.4 Å². The minimum absolute atomic E-state index is 0. The second kappa shape index (κ2) is 9.05. The lowest BCUT2D eigenvalue weighted by atomic mass is 10.1. The lowest BCUT2D eigenvalue weighted by molar-refractivity contribution is 0.138. The van der Waals surface area contributed by atoms with Gasteiger partial charge in [-0.2, -0.15) is 5.26 Å². The lowest BCUT2D eigenvalue weighted by Crippen LogP contribution is -2.17. The van der Waals surface area contributed by atoms with Crippen LogP contribution >= 0.6 is 12.4 Å². The van der Waals surface area contributed by atoms with E-state index >= 15 is 0 Å². The van der Waals surface area contributed by atoms with Gasteiger partial charge in [-0.25, -0.2) is 15.0 Å². The highest BCUT2D eigenvalue weighted by Gasteiger charge is 2.28. The van der Waals surface area contributed by atoms with E-state index in [0.717, 1.165) is 47.4 Å². The Labute approximate surface area is 203 Å². The van der Waals surface area contributed by atoms with Gasteiger partial charge in [0.25, 0.3) is 0 Å². The lowest BCUT2D eigenvalue weighted by Gasteiger charge is -2.17. The monoisotopic (exact) mass is 472 g/mol. The maximum absolute atomic E-state index is 10.4. The van der Waals surface area contributed by atoms with Crippen LogP contribution in [0.15, 0.2) is 55.0 Å². The van der Waals surface area contributed by atoms with Crippen LogP contribution in [0.5, 0.6) is 0 Å². The standard InChI is InChI=1S/C26H24N6O.ClH/c27-14-16-8-9-28-25(10-16)31-26-13-19(17-4-5-17)11-21(30-26)18-6-7-20-23(12-18)32(15-29-20)22-2-1-3-24(22)33;/h6-13,15,17,22,24,33H,1-5H2,(H,28,30,31);1H. The van der Waals surface area contributed by atoms with Crippen molar-refractivity contribution in [1.82, 2.24) is 19.5 Å². The maximum Gasteiger partial charge on any atom is 0.132 e. The highest BCUT2D eigenvalue weighted by atomic mass is 35.5. The number of hydrogen-bond donors (Lipinski definition) is 2. The second-order valence-corrected chi connectivity index (χ2v) is 9.03. The van der Waals surface area contributed by atoms with Crippen LogP contribution in [0.1, 0.15) is 55.2 Å². The van der Waals surface area contributed by atoms with E-state index in [-0.39, 0.29) is 24.6 Å². The van der Waals surface area contributed by atoms with Gasteiger partial charge in [0.05, 0.1) is 46.8 Å². The Morgan fingerprint density at radius 3 is 2.65 bits per heavy atom. The first kappa shape index (κ1) is 22.3. The van der Waals surface area contributed by atoms with Gasteiger partial charge in [0, 0.05) is 11.8 Å². The summed E-state index contributed by atoms with van der Waals surface area (Å²) < 4.78 is 2.12. The van der Waals surface area contributed by atoms with Gasteiger partial charge in [0.15, 0.2) is 0 Å². The van der Waals surface area contributed by atoms with Gasteiger partial charge in [-0.05, 0) is 80.0 Å². The van der Waals surface area contributed by atoms with E-state index in [1.165, 1.54) is 18.4 Å². The van der Waals surface area contributed by atoms with Crippen LogP contribution in [-0.4, -0.2) is 30.7 Å². The van der Waals surface area contributed by atoms with Gasteiger partial charge in [-0.15, -0.1) is 12.4 Å². The number of fused-ring (bicyclic) bond motifs is 1. The molecule has 0 amide bonds. The molecule has 0 spiro atoms. The summed E-state index contributed by atoms with van der Waals surface area (Å²) in [5.74, 6) is 1.88. The average Bonchev–Trinajstić information content (AvgIpc) is 3.49. The smallest absolute Gasteiger partial charge is 0.132 e. The largest absolute Gasteiger partial charge is 0.391 e. The first-order valence-corrected chi connectivity index (χ1v) is 11.5. The Morgan fingerprint density at radius 1 is 1.00 bits per heavy atom. The van der Waals surface area contributed by atoms with E-state index in [0.29, 0.717) is 17.3 Å². The Balaban J connectivity index is 0.00000241. The number of aromatic nitrogens is 4. The fraction of sp³-hybridized carbons (Fsp3) is 0.308. The van der Waals surface area contributed by atoms with Gasteiger partial charge < -0.3 is 15.0 Å². The first-order valence-electron chi connectivity index (χ1n) is 11.5. The molecule has 0 radical (unpaired) electrons. The molecule has 0 saturated heterocycles. The molecule has 172 valence electrons. The zero-order chi connectivity index (χ0) is 22.4. The molecule has 2 aliphatic carbocycles. The normalized spacial score (nSPS) is 19.5. The van der Waals surface area contributed by atoms with Crippen LogP contribution < -0.4 is 5.32 Å². The highest BCUT2D eigenvalue weighted by molar-refractivity contribution is 5.85. The van der Waals surface area contributed by atoms with Gasteiger partial charge in [-0.3, -0.25) is 0 Å². The number of hydrogen-bond acceptors (Lipinski definition) is 6. The maximum atomic E-state index is 10.4. The van der Waals surface area contributed by atoms with Crippen molar-refractivity contribution in [3.8, 4) is 17.3 Å². The van der Waals surface area contributed by atoms with Gasteiger partial charge >= 0.3 is 0 Å². The molecule has 2 atom stereocenters. The van der Waals surface area contributed by atoms with Crippen LogP contribution in [-0.2, 0) is 0 Å². The van der Waals surface area contributed by atoms with Crippen LogP contribution in [0.25, 0.3) is 22.3 Å². The summed E-state index contributed by atoms with van der Waals surface area (Å²) >= 11 is 0. The molecule has 2 saturated carbocycles. The van der Waals surface area contributed by atoms with E-state index < -0.39 is 0 Å². The summed E-state index contributed by atoms with van der Waals surface area (Å²) in [7, 11) is 0. The predicted molar refractivity (Wildman–Crippen MR) is 133 cm³/mol. The fourth-order valence-electron chi connectivity index (χ4n) is 4.81. The molecule has 0 bridgehead atoms. The van der Waals surface area contributed by atoms with Crippen molar-refractivity contribution in [2.45, 2.75) is 50.2 Å². The number of rotatable bonds is 5. The average molecular weight is 473 g/mol. The molecule has 0 aliphatic heterocycles. The van der Waals surface area contributed by atoms with E-state index in [9.17, 15) is 10.4 Å². The number of nitrogens with one attached hydrogen (secondary N) is 1. The van der Waals surface area contributed by atoms with Crippen molar-refractivity contribution in [3.05, 3.63) is 66.1 Å². The van der Waals surface area contributed by atoms with Gasteiger partial charge in [0.1, 0.15) is 11.6 Å². The molecule has 2 aliphatic rings. The second-order valence-electron chi connectivity index (χ2n) is 9.03. The predicted octanol–water partition coefficient (Wildman–Crippen LogP) is 5.49. The zero-order valence-corrected chi connectivity index (χ0v) is 19.4. The molecule has 1 aromatic carbocycles. The number of aliphatic hydroxyl groups is 1. The van der Waals surface area contributed by atoms with Gasteiger partial charge in [-0.1, -0.05) is 6.07 Å². The molecular formula is C26H25ClN6O. The summed E-state index contributed by atoms with van der Waals surface area (Å²) in [4.78, 5) is 13.8. The van der Waals surface area contributed by atoms with E-state index in [1.54, 1.807) is 18.3 Å². The van der Waals surface area contributed by atoms with E-state index in [2.05, 4.69) is 50.2 Å². The number of nitriles is 1. The SMILES string of the molecule is Cl.N#Cc1ccnc(Nc2cc(C3CC3)cc(-c3ccc4ncn(C5CCCC5O)c4c3)n2)c1. The Bertz CT molecular complexity index is 1390. The zero-order valence-electron chi connectivity index (χ0n) is 18.6. The summed E-state index contributed by atoms with van der Waals surface area (Å²) in [6.07, 6.45) is 8.37. The van der Waals surface area contributed by atoms with Gasteiger partial charge in [0.2, 0.25) is 0 Å². The Kier molecular flexibility index (Phi) is 5.94. The van der Waals surface area contributed by atoms with Crippen LogP contribution in [0.4, 0.5) is 11.6 Å². The van der Waals surface area contributed by atoms with Crippen molar-refractivity contribution in [2.75, 3.05) is 5.32 Å². The molecule has 3 aromatic heterocycles. The highest BCUT2D eigenvalue weighted by Crippen LogP contribution is 2.42. The number of aliphatic hydroxyl groups excluding tert-OH is 1. The van der Waals surface area contributed by atoms with Crippen molar-refractivity contribution < 1.29 is 5.11 Å². The van der Waals surface area contributed by atoms with E-state index in [4.69, 9.17) is 4.98 Å². The third-order valence-corrected chi connectivity index (χ3v) is 6.71. The minimum atomic E-state index is -0.324. The molecule has 4 aromatic rings. The number of benzene rings is 1. The number of imidazole rings is 1. The number of anilines is 2. The molecule has 2 unspecified atom stereocenters. The Hall–Kier alpha value is -3.47. The summed E-state index contributed by atoms with van der Waals surface area (Å²) in [6.45, 7) is 0. The van der Waals surface area contributed by atoms with Crippen molar-refractivity contribution in [1.29, 1.82) is 5.26 Å². The summed E-state index contributed by atoms with van der Waals surface area (Å²) in [5.41, 5.74) is 5.67. The summed E-state index contributed by atoms with van der Waals surface area (Å²) in [6, 6.07) is 16.1. The molecule has 3 heterocycles. The van der Waals surface area contributed by atoms with Crippen molar-refractivity contribution in [2.24, 2.45) is 0 Å². The third kappa shape index (κ3) is 4.23. The number of halogens is 1.